The van der Waals surface area contributed by atoms with E-state index in [1.54, 1.807) is 10.9 Å². The molecule has 0 radical (unpaired) electrons. The number of aliphatic hydroxyl groups excluding tert-OH is 2. The molecule has 0 spiro atoms. The maximum Gasteiger partial charge on any atom is 0.167 e. The van der Waals surface area contributed by atoms with E-state index in [1.165, 1.54) is 18.1 Å². The molecule has 5 atom stereocenters. The van der Waals surface area contributed by atoms with Gasteiger partial charge in [-0.15, -0.1) is 11.8 Å². The zero-order valence-corrected chi connectivity index (χ0v) is 11.1. The second-order valence-electron chi connectivity index (χ2n) is 4.93. The van der Waals surface area contributed by atoms with Crippen LogP contribution in [0.4, 0.5) is 5.82 Å². The number of nitrogens with two attached hydrogens (primary N) is 1. The van der Waals surface area contributed by atoms with Crippen molar-refractivity contribution in [3.63, 3.8) is 0 Å². The van der Waals surface area contributed by atoms with Crippen LogP contribution in [0.25, 0.3) is 11.2 Å². The first-order chi connectivity index (χ1) is 9.66. The van der Waals surface area contributed by atoms with Gasteiger partial charge in [0, 0.05) is 5.75 Å². The van der Waals surface area contributed by atoms with Crippen molar-refractivity contribution in [3.8, 4) is 0 Å². The fraction of sp³-hybridized carbons (Fsp3) is 0.545. The van der Waals surface area contributed by atoms with Crippen molar-refractivity contribution < 1.29 is 14.9 Å². The summed E-state index contributed by atoms with van der Waals surface area (Å²) in [5, 5.41) is 19.9. The van der Waals surface area contributed by atoms with E-state index in [4.69, 9.17) is 10.5 Å². The van der Waals surface area contributed by atoms with E-state index >= 15 is 0 Å². The lowest BCUT2D eigenvalue weighted by Gasteiger charge is -2.27. The van der Waals surface area contributed by atoms with Gasteiger partial charge in [-0.1, -0.05) is 0 Å². The lowest BCUT2D eigenvalue weighted by Crippen LogP contribution is -2.43. The van der Waals surface area contributed by atoms with Gasteiger partial charge in [0.1, 0.15) is 17.9 Å². The average Bonchev–Trinajstić information content (AvgIpc) is 2.93. The van der Waals surface area contributed by atoms with Crippen LogP contribution in [-0.2, 0) is 4.74 Å². The topological polar surface area (TPSA) is 119 Å². The lowest BCUT2D eigenvalue weighted by atomic mass is 10.1. The van der Waals surface area contributed by atoms with E-state index < -0.39 is 24.5 Å². The van der Waals surface area contributed by atoms with Gasteiger partial charge in [0.15, 0.2) is 17.7 Å². The molecule has 8 nitrogen and oxygen atoms in total. The van der Waals surface area contributed by atoms with E-state index in [9.17, 15) is 10.2 Å². The van der Waals surface area contributed by atoms with E-state index in [0.29, 0.717) is 22.7 Å². The van der Waals surface area contributed by atoms with Crippen LogP contribution in [-0.4, -0.2) is 59.0 Å². The minimum absolute atomic E-state index is 0.156. The molecule has 2 bridgehead atoms. The molecule has 2 aromatic heterocycles. The number of nitrogen functional groups attached to an aromatic ring is 1. The summed E-state index contributed by atoms with van der Waals surface area (Å²) in [5.74, 6) is 0.857. The minimum Gasteiger partial charge on any atom is -0.389 e. The van der Waals surface area contributed by atoms with Crippen molar-refractivity contribution in [2.24, 2.45) is 0 Å². The quantitative estimate of drug-likeness (QED) is 0.622. The molecule has 2 aliphatic rings. The Hall–Kier alpha value is -1.42. The second kappa shape index (κ2) is 4.29. The monoisotopic (exact) mass is 295 g/mol. The van der Waals surface area contributed by atoms with Crippen LogP contribution in [0.5, 0.6) is 0 Å². The molecule has 4 heterocycles. The lowest BCUT2D eigenvalue weighted by molar-refractivity contribution is -0.0726. The molecule has 2 aliphatic heterocycles. The van der Waals surface area contributed by atoms with E-state index in [2.05, 4.69) is 15.0 Å². The highest BCUT2D eigenvalue weighted by Crippen LogP contribution is 2.44. The number of aromatic nitrogens is 4. The number of rotatable bonds is 1. The Kier molecular flexibility index (Phi) is 2.64. The maximum atomic E-state index is 10.2. The highest BCUT2D eigenvalue weighted by molar-refractivity contribution is 8.00. The second-order valence-corrected chi connectivity index (χ2v) is 6.14. The number of hydrogen-bond acceptors (Lipinski definition) is 8. The van der Waals surface area contributed by atoms with Crippen molar-refractivity contribution in [2.75, 3.05) is 11.5 Å². The normalized spacial score (nSPS) is 36.6. The number of fused-ring (bicyclic) bond motifs is 3. The summed E-state index contributed by atoms with van der Waals surface area (Å²) < 4.78 is 7.55. The summed E-state index contributed by atoms with van der Waals surface area (Å²) in [6.45, 7) is 0. The molecule has 0 amide bonds. The number of hydrogen-bond donors (Lipinski definition) is 3. The minimum atomic E-state index is -0.703. The Morgan fingerprint density at radius 3 is 3.00 bits per heavy atom. The summed E-state index contributed by atoms with van der Waals surface area (Å²) in [5.41, 5.74) is 6.84. The SMILES string of the molecule is Nc1ncnc2c1ncn2[C@H]1O[C@H]2[C@@H](O)[C@@H]1SC[C@H]2O. The first-order valence-corrected chi connectivity index (χ1v) is 7.28. The van der Waals surface area contributed by atoms with Gasteiger partial charge < -0.3 is 20.7 Å². The van der Waals surface area contributed by atoms with E-state index in [0.717, 1.165) is 0 Å². The first-order valence-electron chi connectivity index (χ1n) is 6.23. The van der Waals surface area contributed by atoms with Gasteiger partial charge >= 0.3 is 0 Å². The average molecular weight is 295 g/mol. The van der Waals surface area contributed by atoms with Crippen molar-refractivity contribution in [3.05, 3.63) is 12.7 Å². The fourth-order valence-corrected chi connectivity index (χ4v) is 4.08. The van der Waals surface area contributed by atoms with Gasteiger partial charge in [-0.3, -0.25) is 4.57 Å². The molecule has 0 saturated carbocycles. The number of ether oxygens (including phenoxy) is 1. The van der Waals surface area contributed by atoms with Gasteiger partial charge in [0.2, 0.25) is 0 Å². The predicted molar refractivity (Wildman–Crippen MR) is 71.9 cm³/mol. The zero-order chi connectivity index (χ0) is 13.9. The van der Waals surface area contributed by atoms with Crippen LogP contribution < -0.4 is 5.73 Å². The summed E-state index contributed by atoms with van der Waals surface area (Å²) in [6.07, 6.45) is 0.603. The third-order valence-electron chi connectivity index (χ3n) is 3.75. The third-order valence-corrected chi connectivity index (χ3v) is 5.18. The van der Waals surface area contributed by atoms with Crippen molar-refractivity contribution >= 4 is 28.7 Å². The van der Waals surface area contributed by atoms with Crippen molar-refractivity contribution in [2.45, 2.75) is 29.8 Å². The number of thioether (sulfide) groups is 1. The Balaban J connectivity index is 1.79. The van der Waals surface area contributed by atoms with Crippen LogP contribution >= 0.6 is 11.8 Å². The van der Waals surface area contributed by atoms with Crippen LogP contribution in [0.1, 0.15) is 6.23 Å². The first kappa shape index (κ1) is 12.3. The van der Waals surface area contributed by atoms with Crippen LogP contribution in [0.3, 0.4) is 0 Å². The molecule has 0 unspecified atom stereocenters. The van der Waals surface area contributed by atoms with Gasteiger partial charge in [0.05, 0.1) is 23.8 Å². The van der Waals surface area contributed by atoms with E-state index in [-0.39, 0.29) is 5.25 Å². The standard InChI is InChI=1S/C11H13N5O3S/c12-9-5-10(14-2-13-9)16(3-15-5)11-8-6(18)7(19-11)4(17)1-20-8/h2-4,6-8,11,17-18H,1H2,(H2,12,13,14)/t4-,6-,7-,8+,11+/m1/s1. The highest BCUT2D eigenvalue weighted by Gasteiger charge is 2.51. The Morgan fingerprint density at radius 2 is 2.20 bits per heavy atom. The number of anilines is 1. The number of imidazole rings is 1. The Bertz CT molecular complexity index is 665. The molecule has 20 heavy (non-hydrogen) atoms. The fourth-order valence-electron chi connectivity index (χ4n) is 2.76. The van der Waals surface area contributed by atoms with Crippen molar-refractivity contribution in [1.82, 2.24) is 19.5 Å². The summed E-state index contributed by atoms with van der Waals surface area (Å²) >= 11 is 1.49. The largest absolute Gasteiger partial charge is 0.389 e. The molecule has 4 N–H and O–H groups in total. The molecule has 4 rings (SSSR count). The molecule has 9 heteroatoms. The number of nitrogens with zero attached hydrogens (tertiary/aromatic N) is 4. The third kappa shape index (κ3) is 1.57. The van der Waals surface area contributed by atoms with Crippen LogP contribution in [0.2, 0.25) is 0 Å². The molecule has 2 fully saturated rings. The molecule has 0 aliphatic carbocycles. The zero-order valence-electron chi connectivity index (χ0n) is 10.3. The van der Waals surface area contributed by atoms with Crippen molar-refractivity contribution in [1.29, 1.82) is 0 Å². The highest BCUT2D eigenvalue weighted by atomic mass is 32.2. The van der Waals surface area contributed by atoms with Crippen LogP contribution in [0, 0.1) is 0 Å². The predicted octanol–water partition coefficient (Wildman–Crippen LogP) is -0.857. The Labute approximate surface area is 118 Å². The summed E-state index contributed by atoms with van der Waals surface area (Å²) in [6, 6.07) is 0. The molecular weight excluding hydrogens is 282 g/mol. The molecule has 0 aromatic carbocycles. The molecular formula is C11H13N5O3S. The van der Waals surface area contributed by atoms with Gasteiger partial charge in [0.25, 0.3) is 0 Å². The van der Waals surface area contributed by atoms with E-state index in [1.807, 2.05) is 0 Å². The molecule has 2 aromatic rings. The maximum absolute atomic E-state index is 10.2. The van der Waals surface area contributed by atoms with Gasteiger partial charge in [-0.05, 0) is 0 Å². The Morgan fingerprint density at radius 1 is 1.35 bits per heavy atom. The molecule has 2 saturated heterocycles. The molecule has 106 valence electrons. The number of aliphatic hydroxyl groups is 2. The summed E-state index contributed by atoms with van der Waals surface area (Å²) in [7, 11) is 0. The summed E-state index contributed by atoms with van der Waals surface area (Å²) in [4.78, 5) is 12.3. The van der Waals surface area contributed by atoms with Crippen LogP contribution in [0.15, 0.2) is 12.7 Å². The smallest absolute Gasteiger partial charge is 0.167 e. The van der Waals surface area contributed by atoms with Gasteiger partial charge in [-0.2, -0.15) is 0 Å². The van der Waals surface area contributed by atoms with Gasteiger partial charge in [-0.25, -0.2) is 15.0 Å².